The van der Waals surface area contributed by atoms with Gasteiger partial charge in [-0.15, -0.1) is 0 Å². The van der Waals surface area contributed by atoms with Gasteiger partial charge in [-0.05, 0) is 15.9 Å². The molecule has 0 bridgehead atoms. The van der Waals surface area contributed by atoms with Crippen LogP contribution < -0.4 is 4.90 Å². The highest BCUT2D eigenvalue weighted by atomic mass is 79.9. The lowest BCUT2D eigenvalue weighted by Gasteiger charge is -2.41. The number of aromatic nitrogens is 1. The first-order valence-corrected chi connectivity index (χ1v) is 7.95. The van der Waals surface area contributed by atoms with Gasteiger partial charge in [0.05, 0.1) is 21.6 Å². The molecule has 6 heteroatoms. The number of piperidine rings is 1. The molecule has 0 radical (unpaired) electrons. The van der Waals surface area contributed by atoms with E-state index in [-0.39, 0.29) is 11.6 Å². The molecule has 1 atom stereocenters. The number of rotatable bonds is 1. The predicted molar refractivity (Wildman–Crippen MR) is 81.0 cm³/mol. The predicted octanol–water partition coefficient (Wildman–Crippen LogP) is 3.42. The Hall–Kier alpha value is -0.810. The summed E-state index contributed by atoms with van der Waals surface area (Å²) < 4.78 is 6.52. The minimum absolute atomic E-state index is 0.0610. The second kappa shape index (κ2) is 5.19. The molecule has 108 valence electrons. The maximum atomic E-state index is 11.5. The first-order valence-electron chi connectivity index (χ1n) is 6.78. The zero-order valence-corrected chi connectivity index (χ0v) is 13.6. The molecule has 3 rings (SSSR count). The van der Waals surface area contributed by atoms with E-state index in [0.717, 1.165) is 36.1 Å². The Morgan fingerprint density at radius 1 is 1.45 bits per heavy atom. The van der Waals surface area contributed by atoms with Crippen molar-refractivity contribution in [2.45, 2.75) is 31.8 Å². The highest BCUT2D eigenvalue weighted by Gasteiger charge is 2.48. The van der Waals surface area contributed by atoms with Crippen LogP contribution in [0.4, 0.5) is 5.69 Å². The normalized spacial score (nSPS) is 25.1. The van der Waals surface area contributed by atoms with Gasteiger partial charge in [-0.1, -0.05) is 18.5 Å². The highest BCUT2D eigenvalue weighted by molar-refractivity contribution is 9.10. The number of hydrogen-bond donors (Lipinski definition) is 0. The Morgan fingerprint density at radius 2 is 2.15 bits per heavy atom. The molecule has 0 saturated carbocycles. The number of halogens is 2. The first kappa shape index (κ1) is 14.1. The Balaban J connectivity index is 1.78. The van der Waals surface area contributed by atoms with Gasteiger partial charge in [0.1, 0.15) is 5.60 Å². The topological polar surface area (TPSA) is 42.4 Å². The monoisotopic (exact) mass is 358 g/mol. The van der Waals surface area contributed by atoms with E-state index in [2.05, 4.69) is 32.7 Å². The van der Waals surface area contributed by atoms with Crippen molar-refractivity contribution >= 4 is 39.2 Å². The summed E-state index contributed by atoms with van der Waals surface area (Å²) in [7, 11) is 0. The lowest BCUT2D eigenvalue weighted by atomic mass is 9.80. The summed E-state index contributed by atoms with van der Waals surface area (Å²) in [5.74, 6) is 0.238. The largest absolute Gasteiger partial charge is 0.459 e. The number of carbonyl (C=O) groups is 1. The van der Waals surface area contributed by atoms with Gasteiger partial charge >= 0.3 is 5.97 Å². The van der Waals surface area contributed by atoms with Gasteiger partial charge in [0.15, 0.2) is 0 Å². The second-order valence-corrected chi connectivity index (χ2v) is 6.84. The van der Waals surface area contributed by atoms with Gasteiger partial charge in [-0.2, -0.15) is 0 Å². The molecular formula is C14H16BrClN2O2. The number of carbonyl (C=O) groups excluding carboxylic acids is 1. The van der Waals surface area contributed by atoms with Crippen molar-refractivity contribution in [3.8, 4) is 0 Å². The molecule has 1 unspecified atom stereocenters. The zero-order chi connectivity index (χ0) is 14.3. The lowest BCUT2D eigenvalue weighted by molar-refractivity contribution is -0.151. The molecule has 1 aromatic heterocycles. The number of pyridine rings is 1. The molecule has 3 heterocycles. The molecule has 2 aliphatic rings. The quantitative estimate of drug-likeness (QED) is 0.721. The summed E-state index contributed by atoms with van der Waals surface area (Å²) in [5.41, 5.74) is 0.716. The standard InChI is InChI=1S/C14H16BrClN2O2/c1-9-6-12(19)20-14(9)2-4-18(5-3-14)13-10(15)7-17-8-11(13)16/h7-9H,2-6H2,1H3. The van der Waals surface area contributed by atoms with Gasteiger partial charge in [0.2, 0.25) is 0 Å². The summed E-state index contributed by atoms with van der Waals surface area (Å²) in [6, 6.07) is 0. The molecule has 1 aromatic rings. The van der Waals surface area contributed by atoms with Crippen molar-refractivity contribution in [3.63, 3.8) is 0 Å². The maximum absolute atomic E-state index is 11.5. The zero-order valence-electron chi connectivity index (χ0n) is 11.2. The van der Waals surface area contributed by atoms with E-state index in [1.807, 2.05) is 0 Å². The Labute approximate surface area is 131 Å². The molecule has 4 nitrogen and oxygen atoms in total. The molecule has 0 amide bonds. The maximum Gasteiger partial charge on any atom is 0.306 e. The van der Waals surface area contributed by atoms with Gasteiger partial charge in [-0.3, -0.25) is 9.78 Å². The van der Waals surface area contributed by atoms with Crippen molar-refractivity contribution in [2.75, 3.05) is 18.0 Å². The lowest BCUT2D eigenvalue weighted by Crippen LogP contribution is -2.47. The van der Waals surface area contributed by atoms with Crippen LogP contribution >= 0.6 is 27.5 Å². The Bertz CT molecular complexity index is 524. The minimum atomic E-state index is -0.264. The van der Waals surface area contributed by atoms with Crippen LogP contribution in [0.3, 0.4) is 0 Å². The molecular weight excluding hydrogens is 344 g/mol. The van der Waals surface area contributed by atoms with Crippen LogP contribution in [-0.4, -0.2) is 29.6 Å². The molecule has 2 aliphatic heterocycles. The van der Waals surface area contributed by atoms with Gasteiger partial charge in [0.25, 0.3) is 0 Å². The van der Waals surface area contributed by atoms with E-state index in [1.54, 1.807) is 12.4 Å². The summed E-state index contributed by atoms with van der Waals surface area (Å²) in [5, 5.41) is 0.645. The van der Waals surface area contributed by atoms with E-state index in [4.69, 9.17) is 16.3 Å². The smallest absolute Gasteiger partial charge is 0.306 e. The Kier molecular flexibility index (Phi) is 3.67. The first-order chi connectivity index (χ1) is 9.52. The number of ether oxygens (including phenoxy) is 1. The van der Waals surface area contributed by atoms with E-state index in [9.17, 15) is 4.79 Å². The van der Waals surface area contributed by atoms with Crippen LogP contribution in [0.2, 0.25) is 5.02 Å². The molecule has 2 saturated heterocycles. The second-order valence-electron chi connectivity index (χ2n) is 5.58. The van der Waals surface area contributed by atoms with Crippen molar-refractivity contribution in [1.82, 2.24) is 4.98 Å². The average Bonchev–Trinajstić information content (AvgIpc) is 2.66. The fourth-order valence-corrected chi connectivity index (χ4v) is 4.19. The van der Waals surface area contributed by atoms with Crippen LogP contribution in [0.1, 0.15) is 26.2 Å². The molecule has 0 aromatic carbocycles. The number of anilines is 1. The summed E-state index contributed by atoms with van der Waals surface area (Å²) >= 11 is 9.75. The number of esters is 1. The summed E-state index contributed by atoms with van der Waals surface area (Å²) in [4.78, 5) is 17.8. The molecule has 2 fully saturated rings. The van der Waals surface area contributed by atoms with Crippen LogP contribution in [0.25, 0.3) is 0 Å². The van der Waals surface area contributed by atoms with Crippen LogP contribution in [0.5, 0.6) is 0 Å². The SMILES string of the molecule is CC1CC(=O)OC12CCN(c1c(Cl)cncc1Br)CC2. The highest BCUT2D eigenvalue weighted by Crippen LogP contribution is 2.43. The molecule has 20 heavy (non-hydrogen) atoms. The van der Waals surface area contributed by atoms with Crippen molar-refractivity contribution in [3.05, 3.63) is 21.9 Å². The van der Waals surface area contributed by atoms with Gasteiger partial charge < -0.3 is 9.64 Å². The van der Waals surface area contributed by atoms with Crippen molar-refractivity contribution in [2.24, 2.45) is 5.92 Å². The summed E-state index contributed by atoms with van der Waals surface area (Å²) in [6.07, 6.45) is 5.66. The number of nitrogens with zero attached hydrogens (tertiary/aromatic N) is 2. The van der Waals surface area contributed by atoms with E-state index in [0.29, 0.717) is 17.4 Å². The van der Waals surface area contributed by atoms with E-state index in [1.165, 1.54) is 0 Å². The fourth-order valence-electron chi connectivity index (χ4n) is 3.22. The van der Waals surface area contributed by atoms with Crippen LogP contribution in [0, 0.1) is 5.92 Å². The third kappa shape index (κ3) is 2.31. The molecule has 1 spiro atoms. The fraction of sp³-hybridized carbons (Fsp3) is 0.571. The average molecular weight is 360 g/mol. The van der Waals surface area contributed by atoms with Crippen LogP contribution in [0.15, 0.2) is 16.9 Å². The third-order valence-electron chi connectivity index (χ3n) is 4.44. The Morgan fingerprint density at radius 3 is 2.70 bits per heavy atom. The minimum Gasteiger partial charge on any atom is -0.459 e. The van der Waals surface area contributed by atoms with E-state index >= 15 is 0 Å². The van der Waals surface area contributed by atoms with Gasteiger partial charge in [-0.25, -0.2) is 0 Å². The van der Waals surface area contributed by atoms with Gasteiger partial charge in [0, 0.05) is 44.2 Å². The van der Waals surface area contributed by atoms with Crippen LogP contribution in [-0.2, 0) is 9.53 Å². The molecule has 0 aliphatic carbocycles. The third-order valence-corrected chi connectivity index (χ3v) is 5.30. The molecule has 0 N–H and O–H groups in total. The number of hydrogen-bond acceptors (Lipinski definition) is 4. The van der Waals surface area contributed by atoms with Crippen molar-refractivity contribution in [1.29, 1.82) is 0 Å². The van der Waals surface area contributed by atoms with Crippen molar-refractivity contribution < 1.29 is 9.53 Å². The van der Waals surface area contributed by atoms with E-state index < -0.39 is 0 Å². The summed E-state index contributed by atoms with van der Waals surface area (Å²) in [6.45, 7) is 3.77.